The number of urea groups is 1. The molecule has 1 aliphatic rings. The molecule has 0 unspecified atom stereocenters. The molecule has 2 aromatic rings. The fraction of sp³-hybridized carbons (Fsp3) is 0.238. The second kappa shape index (κ2) is 9.24. The van der Waals surface area contributed by atoms with Crippen molar-refractivity contribution in [3.05, 3.63) is 51.4 Å². The summed E-state index contributed by atoms with van der Waals surface area (Å²) in [5.74, 6) is -0.366. The molecule has 0 aliphatic carbocycles. The molecule has 1 fully saturated rings. The maximum absolute atomic E-state index is 13.0. The second-order valence-corrected chi connectivity index (χ2v) is 7.76. The van der Waals surface area contributed by atoms with Gasteiger partial charge in [-0.2, -0.15) is 0 Å². The second-order valence-electron chi connectivity index (χ2n) is 6.59. The molecule has 0 atom stereocenters. The smallest absolute Gasteiger partial charge is 0.335 e. The number of barbiturate groups is 1. The zero-order chi connectivity index (χ0) is 21.8. The van der Waals surface area contributed by atoms with Crippen LogP contribution in [0.2, 0.25) is 0 Å². The van der Waals surface area contributed by atoms with Crippen LogP contribution in [0.3, 0.4) is 0 Å². The Balaban J connectivity index is 2.03. The van der Waals surface area contributed by atoms with Crippen LogP contribution in [0.25, 0.3) is 6.08 Å². The molecule has 4 amide bonds. The molecule has 1 aromatic heterocycles. The normalized spacial score (nSPS) is 15.6. The predicted octanol–water partition coefficient (Wildman–Crippen LogP) is 3.54. The highest BCUT2D eigenvalue weighted by Gasteiger charge is 2.36. The first-order valence-corrected chi connectivity index (χ1v) is 10.3. The number of benzene rings is 1. The molecule has 1 aromatic carbocycles. The van der Waals surface area contributed by atoms with Gasteiger partial charge in [-0.1, -0.05) is 0 Å². The minimum absolute atomic E-state index is 0.0486. The Kier molecular flexibility index (Phi) is 6.70. The van der Waals surface area contributed by atoms with E-state index in [0.717, 1.165) is 8.47 Å². The number of halogens is 1. The molecular weight excluding hydrogens is 501 g/mol. The van der Waals surface area contributed by atoms with Crippen LogP contribution >= 0.6 is 22.6 Å². The molecule has 8 nitrogen and oxygen atoms in total. The van der Waals surface area contributed by atoms with E-state index in [9.17, 15) is 14.4 Å². The maximum atomic E-state index is 13.0. The van der Waals surface area contributed by atoms with Gasteiger partial charge in [-0.25, -0.2) is 9.69 Å². The molecule has 1 saturated heterocycles. The average molecular weight is 521 g/mol. The van der Waals surface area contributed by atoms with Crippen molar-refractivity contribution in [2.75, 3.05) is 11.5 Å². The molecule has 156 valence electrons. The number of rotatable bonds is 6. The highest BCUT2D eigenvalue weighted by atomic mass is 127. The van der Waals surface area contributed by atoms with Crippen molar-refractivity contribution in [3.8, 4) is 11.5 Å². The van der Waals surface area contributed by atoms with Crippen molar-refractivity contribution < 1.29 is 23.9 Å². The molecule has 0 spiro atoms. The Bertz CT molecular complexity index is 1020. The Morgan fingerprint density at radius 3 is 2.53 bits per heavy atom. The van der Waals surface area contributed by atoms with E-state index in [-0.39, 0.29) is 11.7 Å². The van der Waals surface area contributed by atoms with Crippen LogP contribution in [0.15, 0.2) is 42.2 Å². The van der Waals surface area contributed by atoms with E-state index >= 15 is 0 Å². The lowest BCUT2D eigenvalue weighted by Crippen LogP contribution is -2.54. The maximum Gasteiger partial charge on any atom is 0.335 e. The standard InChI is InChI=1S/C21H20IN3O5/c1-4-29-17-11-13(10-16(22)18(17)30-12(2)3)9-15-19(26)24-21(28)25(20(15)27)14-5-7-23-8-6-14/h5-12H,4H2,1-3H3,(H,24,26,28)/b15-9+. The fourth-order valence-electron chi connectivity index (χ4n) is 2.84. The number of hydrogen-bond donors (Lipinski definition) is 1. The summed E-state index contributed by atoms with van der Waals surface area (Å²) in [7, 11) is 0. The Labute approximate surface area is 187 Å². The van der Waals surface area contributed by atoms with E-state index in [1.54, 1.807) is 12.1 Å². The lowest BCUT2D eigenvalue weighted by Gasteiger charge is -2.26. The quantitative estimate of drug-likeness (QED) is 0.355. The molecule has 0 radical (unpaired) electrons. The Hall–Kier alpha value is -2.95. The zero-order valence-electron chi connectivity index (χ0n) is 16.6. The third kappa shape index (κ3) is 4.61. The molecular formula is C21H20IN3O5. The van der Waals surface area contributed by atoms with Crippen molar-refractivity contribution in [1.82, 2.24) is 10.3 Å². The van der Waals surface area contributed by atoms with E-state index in [2.05, 4.69) is 32.9 Å². The van der Waals surface area contributed by atoms with Gasteiger partial charge >= 0.3 is 6.03 Å². The first kappa shape index (κ1) is 21.8. The number of pyridine rings is 1. The molecule has 0 saturated carbocycles. The number of carbonyl (C=O) groups excluding carboxylic acids is 3. The molecule has 2 heterocycles. The van der Waals surface area contributed by atoms with Crippen molar-refractivity contribution >= 4 is 52.2 Å². The number of ether oxygens (including phenoxy) is 2. The number of nitrogens with one attached hydrogen (secondary N) is 1. The van der Waals surface area contributed by atoms with Gasteiger partial charge in [-0.15, -0.1) is 0 Å². The molecule has 9 heteroatoms. The lowest BCUT2D eigenvalue weighted by molar-refractivity contribution is -0.122. The SMILES string of the molecule is CCOc1cc(/C=C2\C(=O)NC(=O)N(c3ccncc3)C2=O)cc(I)c1OC(C)C. The molecule has 0 bridgehead atoms. The molecule has 30 heavy (non-hydrogen) atoms. The molecule has 1 aliphatic heterocycles. The van der Waals surface area contributed by atoms with Crippen molar-refractivity contribution in [1.29, 1.82) is 0 Å². The minimum Gasteiger partial charge on any atom is -0.490 e. The zero-order valence-corrected chi connectivity index (χ0v) is 18.8. The number of anilines is 1. The first-order valence-electron chi connectivity index (χ1n) is 9.26. The van der Waals surface area contributed by atoms with Crippen LogP contribution in [0.1, 0.15) is 26.3 Å². The van der Waals surface area contributed by atoms with Gasteiger partial charge in [0.15, 0.2) is 11.5 Å². The van der Waals surface area contributed by atoms with Gasteiger partial charge < -0.3 is 9.47 Å². The van der Waals surface area contributed by atoms with Gasteiger partial charge in [0, 0.05) is 12.4 Å². The number of imide groups is 2. The van der Waals surface area contributed by atoms with E-state index in [4.69, 9.17) is 9.47 Å². The summed E-state index contributed by atoms with van der Waals surface area (Å²) in [4.78, 5) is 42.4. The van der Waals surface area contributed by atoms with Crippen LogP contribution in [0.4, 0.5) is 10.5 Å². The number of amides is 4. The number of nitrogens with zero attached hydrogens (tertiary/aromatic N) is 2. The first-order chi connectivity index (χ1) is 14.3. The summed E-state index contributed by atoms with van der Waals surface area (Å²) in [5.41, 5.74) is 0.722. The van der Waals surface area contributed by atoms with Gasteiger partial charge in [0.2, 0.25) is 0 Å². The van der Waals surface area contributed by atoms with Gasteiger partial charge in [0.1, 0.15) is 5.57 Å². The van der Waals surface area contributed by atoms with Gasteiger partial charge in [0.05, 0.1) is 22.0 Å². The van der Waals surface area contributed by atoms with Crippen LogP contribution in [0, 0.1) is 3.57 Å². The topological polar surface area (TPSA) is 97.8 Å². The fourth-order valence-corrected chi connectivity index (χ4v) is 3.59. The monoisotopic (exact) mass is 521 g/mol. The third-order valence-corrected chi connectivity index (χ3v) is 4.82. The summed E-state index contributed by atoms with van der Waals surface area (Å²) < 4.78 is 12.3. The van der Waals surface area contributed by atoms with Gasteiger partial charge in [-0.3, -0.25) is 19.9 Å². The van der Waals surface area contributed by atoms with Crippen LogP contribution in [-0.2, 0) is 9.59 Å². The predicted molar refractivity (Wildman–Crippen MR) is 119 cm³/mol. The van der Waals surface area contributed by atoms with E-state index in [1.165, 1.54) is 30.6 Å². The molecule has 1 N–H and O–H groups in total. The number of hydrogen-bond acceptors (Lipinski definition) is 6. The summed E-state index contributed by atoms with van der Waals surface area (Å²) in [5, 5.41) is 2.20. The van der Waals surface area contributed by atoms with Crippen LogP contribution in [0.5, 0.6) is 11.5 Å². The van der Waals surface area contributed by atoms with Crippen molar-refractivity contribution in [3.63, 3.8) is 0 Å². The summed E-state index contributed by atoms with van der Waals surface area (Å²) in [6.07, 6.45) is 4.30. The van der Waals surface area contributed by atoms with Gasteiger partial charge in [0.25, 0.3) is 11.8 Å². The highest BCUT2D eigenvalue weighted by Crippen LogP contribution is 2.36. The number of aromatic nitrogens is 1. The van der Waals surface area contributed by atoms with E-state index < -0.39 is 17.8 Å². The Morgan fingerprint density at radius 2 is 1.90 bits per heavy atom. The Morgan fingerprint density at radius 1 is 1.20 bits per heavy atom. The summed E-state index contributed by atoms with van der Waals surface area (Å²) in [6.45, 7) is 6.11. The largest absolute Gasteiger partial charge is 0.490 e. The minimum atomic E-state index is -0.807. The van der Waals surface area contributed by atoms with Crippen molar-refractivity contribution in [2.24, 2.45) is 0 Å². The van der Waals surface area contributed by atoms with Crippen molar-refractivity contribution in [2.45, 2.75) is 26.9 Å². The van der Waals surface area contributed by atoms with E-state index in [0.29, 0.717) is 29.4 Å². The van der Waals surface area contributed by atoms with Crippen LogP contribution < -0.4 is 19.7 Å². The third-order valence-electron chi connectivity index (χ3n) is 4.02. The lowest BCUT2D eigenvalue weighted by atomic mass is 10.1. The van der Waals surface area contributed by atoms with Gasteiger partial charge in [-0.05, 0) is 79.3 Å². The average Bonchev–Trinajstić information content (AvgIpc) is 2.68. The highest BCUT2D eigenvalue weighted by molar-refractivity contribution is 14.1. The number of carbonyl (C=O) groups is 3. The van der Waals surface area contributed by atoms with E-state index in [1.807, 2.05) is 20.8 Å². The summed E-state index contributed by atoms with van der Waals surface area (Å²) in [6, 6.07) is 5.70. The summed E-state index contributed by atoms with van der Waals surface area (Å²) >= 11 is 2.11. The molecule has 3 rings (SSSR count). The van der Waals surface area contributed by atoms with Crippen LogP contribution in [-0.4, -0.2) is 35.5 Å².